The summed E-state index contributed by atoms with van der Waals surface area (Å²) in [7, 11) is 0. The second-order valence-electron chi connectivity index (χ2n) is 7.48. The Hall–Kier alpha value is -3.96. The van der Waals surface area contributed by atoms with E-state index < -0.39 is 5.25 Å². The van der Waals surface area contributed by atoms with E-state index >= 15 is 0 Å². The minimum Gasteiger partial charge on any atom is -0.310 e. The molecule has 6 nitrogen and oxygen atoms in total. The Morgan fingerprint density at radius 3 is 2.32 bits per heavy atom. The summed E-state index contributed by atoms with van der Waals surface area (Å²) in [4.78, 5) is 15.0. The summed E-state index contributed by atoms with van der Waals surface area (Å²) in [5.41, 5.74) is 2.28. The molecule has 34 heavy (non-hydrogen) atoms. The Labute approximate surface area is 201 Å². The van der Waals surface area contributed by atoms with Gasteiger partial charge in [0.2, 0.25) is 5.91 Å². The van der Waals surface area contributed by atoms with Gasteiger partial charge in [-0.25, -0.2) is 4.39 Å². The van der Waals surface area contributed by atoms with Crippen molar-refractivity contribution in [3.8, 4) is 23.1 Å². The molecular formula is C26H22FN5OS. The summed E-state index contributed by atoms with van der Waals surface area (Å²) < 4.78 is 15.4. The number of benzene rings is 3. The molecule has 0 aliphatic heterocycles. The Balaban J connectivity index is 1.67. The summed E-state index contributed by atoms with van der Waals surface area (Å²) in [6, 6.07) is 27.1. The average molecular weight is 472 g/mol. The number of amides is 1. The molecule has 4 aromatic rings. The predicted octanol–water partition coefficient (Wildman–Crippen LogP) is 5.50. The number of hydrogen-bond acceptors (Lipinski definition) is 5. The van der Waals surface area contributed by atoms with Crippen LogP contribution in [0.4, 0.5) is 10.1 Å². The number of thioether (sulfide) groups is 1. The van der Waals surface area contributed by atoms with Gasteiger partial charge in [0, 0.05) is 23.5 Å². The van der Waals surface area contributed by atoms with Crippen LogP contribution in [0.3, 0.4) is 0 Å². The molecule has 0 aliphatic carbocycles. The van der Waals surface area contributed by atoms with Gasteiger partial charge in [0.25, 0.3) is 0 Å². The Bertz CT molecular complexity index is 1290. The van der Waals surface area contributed by atoms with E-state index in [1.54, 1.807) is 24.0 Å². The number of halogens is 1. The van der Waals surface area contributed by atoms with Crippen LogP contribution in [0.25, 0.3) is 17.1 Å². The first-order valence-electron chi connectivity index (χ1n) is 10.8. The van der Waals surface area contributed by atoms with Crippen molar-refractivity contribution in [2.45, 2.75) is 23.8 Å². The van der Waals surface area contributed by atoms with Crippen LogP contribution in [0.5, 0.6) is 0 Å². The highest BCUT2D eigenvalue weighted by molar-refractivity contribution is 8.00. The van der Waals surface area contributed by atoms with Gasteiger partial charge in [0.15, 0.2) is 11.0 Å². The van der Waals surface area contributed by atoms with Gasteiger partial charge in [-0.2, -0.15) is 5.26 Å². The first-order chi connectivity index (χ1) is 16.6. The van der Waals surface area contributed by atoms with E-state index in [-0.39, 0.29) is 18.1 Å². The highest BCUT2D eigenvalue weighted by Gasteiger charge is 2.26. The third-order valence-corrected chi connectivity index (χ3v) is 6.19. The van der Waals surface area contributed by atoms with E-state index in [0.29, 0.717) is 23.2 Å². The molecule has 8 heteroatoms. The van der Waals surface area contributed by atoms with Gasteiger partial charge in [-0.1, -0.05) is 60.3 Å². The molecular weight excluding hydrogens is 449 g/mol. The monoisotopic (exact) mass is 471 g/mol. The SMILES string of the molecule is CC(Sc1nnc(-c2ccccc2)n1-c1ccc(F)cc1)C(=O)N(CCC#N)c1ccccc1. The lowest BCUT2D eigenvalue weighted by Crippen LogP contribution is -2.37. The van der Waals surface area contributed by atoms with Gasteiger partial charge in [0.05, 0.1) is 17.7 Å². The van der Waals surface area contributed by atoms with E-state index in [0.717, 1.165) is 11.3 Å². The standard InChI is InChI=1S/C26H22FN5OS/c1-19(25(33)31(18-8-17-28)22-11-6-3-7-12-22)34-26-30-29-24(20-9-4-2-5-10-20)32(26)23-15-13-21(27)14-16-23/h2-7,9-16,19H,8,18H2,1H3. The number of hydrogen-bond donors (Lipinski definition) is 0. The van der Waals surface area contributed by atoms with Crippen LogP contribution in [0.1, 0.15) is 13.3 Å². The average Bonchev–Trinajstić information content (AvgIpc) is 3.29. The molecule has 4 rings (SSSR count). The van der Waals surface area contributed by atoms with Gasteiger partial charge in [-0.05, 0) is 43.3 Å². The molecule has 0 saturated carbocycles. The molecule has 1 heterocycles. The number of aromatic nitrogens is 3. The van der Waals surface area contributed by atoms with Crippen molar-refractivity contribution in [3.63, 3.8) is 0 Å². The largest absolute Gasteiger partial charge is 0.310 e. The van der Waals surface area contributed by atoms with E-state index in [1.165, 1.54) is 23.9 Å². The molecule has 0 bridgehead atoms. The molecule has 1 atom stereocenters. The Morgan fingerprint density at radius 2 is 1.68 bits per heavy atom. The fourth-order valence-corrected chi connectivity index (χ4v) is 4.44. The minimum absolute atomic E-state index is 0.138. The van der Waals surface area contributed by atoms with Crippen molar-refractivity contribution in [1.82, 2.24) is 14.8 Å². The van der Waals surface area contributed by atoms with Crippen molar-refractivity contribution in [2.75, 3.05) is 11.4 Å². The number of para-hydroxylation sites is 1. The number of nitrogens with zero attached hydrogens (tertiary/aromatic N) is 5. The van der Waals surface area contributed by atoms with Crippen molar-refractivity contribution in [1.29, 1.82) is 5.26 Å². The smallest absolute Gasteiger partial charge is 0.240 e. The van der Waals surface area contributed by atoms with Crippen LogP contribution in [0, 0.1) is 17.1 Å². The third-order valence-electron chi connectivity index (χ3n) is 5.16. The topological polar surface area (TPSA) is 74.8 Å². The number of carbonyl (C=O) groups is 1. The molecule has 0 radical (unpaired) electrons. The molecule has 0 aliphatic rings. The quantitative estimate of drug-likeness (QED) is 0.317. The molecule has 3 aromatic carbocycles. The van der Waals surface area contributed by atoms with E-state index in [9.17, 15) is 9.18 Å². The van der Waals surface area contributed by atoms with Gasteiger partial charge >= 0.3 is 0 Å². The summed E-state index contributed by atoms with van der Waals surface area (Å²) in [5, 5.41) is 17.8. The molecule has 0 N–H and O–H groups in total. The summed E-state index contributed by atoms with van der Waals surface area (Å²) >= 11 is 1.27. The number of nitriles is 1. The van der Waals surface area contributed by atoms with Gasteiger partial charge < -0.3 is 4.90 Å². The first kappa shape index (κ1) is 23.2. The fourth-order valence-electron chi connectivity index (χ4n) is 3.51. The number of rotatable bonds is 8. The molecule has 170 valence electrons. The maximum Gasteiger partial charge on any atom is 0.240 e. The number of anilines is 1. The Kier molecular flexibility index (Phi) is 7.35. The molecule has 1 aromatic heterocycles. The van der Waals surface area contributed by atoms with Crippen molar-refractivity contribution in [2.24, 2.45) is 0 Å². The summed E-state index contributed by atoms with van der Waals surface area (Å²) in [6.07, 6.45) is 0.224. The van der Waals surface area contributed by atoms with E-state index in [1.807, 2.05) is 65.2 Å². The zero-order valence-electron chi connectivity index (χ0n) is 18.5. The maximum atomic E-state index is 13.6. The van der Waals surface area contributed by atoms with Crippen LogP contribution in [-0.2, 0) is 4.79 Å². The summed E-state index contributed by atoms with van der Waals surface area (Å²) in [6.45, 7) is 2.10. The van der Waals surface area contributed by atoms with Crippen molar-refractivity contribution in [3.05, 3.63) is 90.7 Å². The lowest BCUT2D eigenvalue weighted by molar-refractivity contribution is -0.117. The summed E-state index contributed by atoms with van der Waals surface area (Å²) in [5.74, 6) is 0.118. The van der Waals surface area contributed by atoms with Crippen LogP contribution >= 0.6 is 11.8 Å². The van der Waals surface area contributed by atoms with E-state index in [2.05, 4.69) is 16.3 Å². The maximum absolute atomic E-state index is 13.6. The van der Waals surface area contributed by atoms with Gasteiger partial charge in [-0.15, -0.1) is 10.2 Å². The van der Waals surface area contributed by atoms with Crippen molar-refractivity contribution < 1.29 is 9.18 Å². The second kappa shape index (κ2) is 10.8. The van der Waals surface area contributed by atoms with Crippen LogP contribution in [0.2, 0.25) is 0 Å². The number of carbonyl (C=O) groups excluding carboxylic acids is 1. The van der Waals surface area contributed by atoms with Gasteiger partial charge in [0.1, 0.15) is 5.82 Å². The lowest BCUT2D eigenvalue weighted by atomic mass is 10.2. The van der Waals surface area contributed by atoms with Crippen LogP contribution < -0.4 is 4.90 Å². The Morgan fingerprint density at radius 1 is 1.03 bits per heavy atom. The first-order valence-corrected chi connectivity index (χ1v) is 11.6. The normalized spacial score (nSPS) is 11.6. The molecule has 0 fully saturated rings. The highest BCUT2D eigenvalue weighted by Crippen LogP contribution is 2.31. The second-order valence-corrected chi connectivity index (χ2v) is 8.79. The van der Waals surface area contributed by atoms with Crippen molar-refractivity contribution >= 4 is 23.4 Å². The molecule has 1 amide bonds. The third kappa shape index (κ3) is 5.16. The van der Waals surface area contributed by atoms with Crippen LogP contribution in [-0.4, -0.2) is 32.5 Å². The molecule has 0 spiro atoms. The zero-order valence-corrected chi connectivity index (χ0v) is 19.3. The molecule has 0 saturated heterocycles. The zero-order chi connectivity index (χ0) is 23.9. The fraction of sp³-hybridized carbons (Fsp3) is 0.154. The van der Waals surface area contributed by atoms with E-state index in [4.69, 9.17) is 5.26 Å². The predicted molar refractivity (Wildman–Crippen MR) is 131 cm³/mol. The minimum atomic E-state index is -0.508. The van der Waals surface area contributed by atoms with Gasteiger partial charge in [-0.3, -0.25) is 9.36 Å². The van der Waals surface area contributed by atoms with Crippen LogP contribution in [0.15, 0.2) is 90.1 Å². The lowest BCUT2D eigenvalue weighted by Gasteiger charge is -2.25. The highest BCUT2D eigenvalue weighted by atomic mass is 32.2. The molecule has 1 unspecified atom stereocenters.